The van der Waals surface area contributed by atoms with Crippen molar-refractivity contribution >= 4 is 16.9 Å². The van der Waals surface area contributed by atoms with Gasteiger partial charge in [0.2, 0.25) is 5.82 Å². The monoisotopic (exact) mass is 469 g/mol. The zero-order valence-electron chi connectivity index (χ0n) is 19.7. The van der Waals surface area contributed by atoms with Crippen LogP contribution in [0.25, 0.3) is 22.3 Å². The first-order valence-corrected chi connectivity index (χ1v) is 12.0. The molecule has 6 rings (SSSR count). The van der Waals surface area contributed by atoms with Gasteiger partial charge in [0.15, 0.2) is 11.5 Å². The third-order valence-electron chi connectivity index (χ3n) is 6.51. The third-order valence-corrected chi connectivity index (χ3v) is 6.51. The number of morpholine rings is 1. The summed E-state index contributed by atoms with van der Waals surface area (Å²) in [5.41, 5.74) is 2.77. The molecule has 0 saturated carbocycles. The molecule has 0 unspecified atom stereocenters. The topological polar surface area (TPSA) is 83.1 Å². The minimum absolute atomic E-state index is 0.262. The first-order valence-electron chi connectivity index (χ1n) is 12.0. The van der Waals surface area contributed by atoms with Crippen LogP contribution in [0.4, 0.5) is 5.82 Å². The minimum atomic E-state index is 0.262. The summed E-state index contributed by atoms with van der Waals surface area (Å²) >= 11 is 0. The summed E-state index contributed by atoms with van der Waals surface area (Å²) in [5.74, 6) is 8.37. The number of ether oxygens (including phenoxy) is 2. The number of aryl methyl sites for hydroxylation is 1. The fourth-order valence-corrected chi connectivity index (χ4v) is 4.62. The Kier molecular flexibility index (Phi) is 5.90. The SMILES string of the molecule is Cn1cc(-c2ccccc2)nc1C#Cc1nc(N2CCOCC2)c2cnn(C3CCOCC3)c2n1. The Morgan fingerprint density at radius 3 is 2.49 bits per heavy atom. The van der Waals surface area contributed by atoms with Crippen molar-refractivity contribution in [3.63, 3.8) is 0 Å². The molecule has 0 aliphatic carbocycles. The van der Waals surface area contributed by atoms with E-state index in [-0.39, 0.29) is 6.04 Å². The molecule has 2 fully saturated rings. The maximum absolute atomic E-state index is 5.56. The molecular formula is C26H27N7O2. The van der Waals surface area contributed by atoms with Gasteiger partial charge in [0.05, 0.1) is 36.5 Å². The number of benzene rings is 1. The van der Waals surface area contributed by atoms with E-state index in [9.17, 15) is 0 Å². The van der Waals surface area contributed by atoms with Crippen molar-refractivity contribution < 1.29 is 9.47 Å². The molecule has 2 aliphatic rings. The summed E-state index contributed by atoms with van der Waals surface area (Å²) in [6.45, 7) is 4.39. The van der Waals surface area contributed by atoms with Crippen molar-refractivity contribution in [3.05, 3.63) is 54.4 Å². The number of nitrogens with zero attached hydrogens (tertiary/aromatic N) is 7. The Morgan fingerprint density at radius 2 is 1.69 bits per heavy atom. The summed E-state index contributed by atoms with van der Waals surface area (Å²) in [6.07, 6.45) is 5.72. The summed E-state index contributed by atoms with van der Waals surface area (Å²) < 4.78 is 15.1. The van der Waals surface area contributed by atoms with Gasteiger partial charge in [-0.2, -0.15) is 5.10 Å². The summed E-state index contributed by atoms with van der Waals surface area (Å²) in [4.78, 5) is 16.7. The highest BCUT2D eigenvalue weighted by atomic mass is 16.5. The van der Waals surface area contributed by atoms with Crippen LogP contribution < -0.4 is 4.90 Å². The number of hydrogen-bond donors (Lipinski definition) is 0. The normalized spacial score (nSPS) is 16.9. The summed E-state index contributed by atoms with van der Waals surface area (Å²) in [6, 6.07) is 10.4. The average Bonchev–Trinajstić information content (AvgIpc) is 3.52. The van der Waals surface area contributed by atoms with E-state index in [0.717, 1.165) is 67.3 Å². The number of hydrogen-bond acceptors (Lipinski definition) is 7. The highest BCUT2D eigenvalue weighted by Crippen LogP contribution is 2.29. The second-order valence-corrected chi connectivity index (χ2v) is 8.82. The van der Waals surface area contributed by atoms with Gasteiger partial charge in [-0.1, -0.05) is 30.3 Å². The van der Waals surface area contributed by atoms with Gasteiger partial charge >= 0.3 is 0 Å². The van der Waals surface area contributed by atoms with Gasteiger partial charge in [-0.05, 0) is 24.7 Å². The van der Waals surface area contributed by atoms with Crippen molar-refractivity contribution in [1.82, 2.24) is 29.3 Å². The van der Waals surface area contributed by atoms with Crippen LogP contribution in [0.15, 0.2) is 42.7 Å². The fourth-order valence-electron chi connectivity index (χ4n) is 4.62. The maximum atomic E-state index is 5.56. The predicted molar refractivity (Wildman–Crippen MR) is 132 cm³/mol. The minimum Gasteiger partial charge on any atom is -0.381 e. The van der Waals surface area contributed by atoms with Crippen molar-refractivity contribution in [2.75, 3.05) is 44.4 Å². The molecule has 178 valence electrons. The third kappa shape index (κ3) is 4.38. The first-order chi connectivity index (χ1) is 17.3. The van der Waals surface area contributed by atoms with Gasteiger partial charge < -0.3 is 18.9 Å². The Morgan fingerprint density at radius 1 is 0.914 bits per heavy atom. The Bertz CT molecular complexity index is 1390. The Hall–Kier alpha value is -3.74. The quantitative estimate of drug-likeness (QED) is 0.427. The molecule has 2 saturated heterocycles. The molecule has 3 aromatic heterocycles. The summed E-state index contributed by atoms with van der Waals surface area (Å²) in [5, 5.41) is 5.67. The molecular weight excluding hydrogens is 442 g/mol. The number of fused-ring (bicyclic) bond motifs is 1. The van der Waals surface area contributed by atoms with E-state index in [2.05, 4.69) is 16.7 Å². The van der Waals surface area contributed by atoms with E-state index in [1.165, 1.54) is 0 Å². The predicted octanol–water partition coefficient (Wildman–Crippen LogP) is 2.81. The van der Waals surface area contributed by atoms with Crippen LogP contribution in [0.5, 0.6) is 0 Å². The standard InChI is InChI=1S/C26H27N7O2/c1-31-18-22(19-5-3-2-4-6-19)28-24(31)8-7-23-29-25(32-11-15-35-16-12-32)21-17-27-33(26(21)30-23)20-9-13-34-14-10-20/h2-6,17-18,20H,9-16H2,1H3. The molecule has 9 nitrogen and oxygen atoms in total. The average molecular weight is 470 g/mol. The van der Waals surface area contributed by atoms with Gasteiger partial charge in [-0.15, -0.1) is 0 Å². The van der Waals surface area contributed by atoms with E-state index >= 15 is 0 Å². The molecule has 0 radical (unpaired) electrons. The lowest BCUT2D eigenvalue weighted by Gasteiger charge is -2.28. The molecule has 9 heteroatoms. The van der Waals surface area contributed by atoms with Crippen LogP contribution >= 0.6 is 0 Å². The molecule has 4 aromatic rings. The van der Waals surface area contributed by atoms with Gasteiger partial charge in [0, 0.05) is 45.1 Å². The van der Waals surface area contributed by atoms with E-state index < -0.39 is 0 Å². The van der Waals surface area contributed by atoms with Crippen LogP contribution in [-0.2, 0) is 16.5 Å². The van der Waals surface area contributed by atoms with Crippen molar-refractivity contribution in [1.29, 1.82) is 0 Å². The van der Waals surface area contributed by atoms with Gasteiger partial charge in [-0.3, -0.25) is 0 Å². The number of imidazole rings is 1. The summed E-state index contributed by atoms with van der Waals surface area (Å²) in [7, 11) is 1.95. The van der Waals surface area contributed by atoms with E-state index in [4.69, 9.17) is 29.5 Å². The second kappa shape index (κ2) is 9.49. The molecule has 0 amide bonds. The lowest BCUT2D eigenvalue weighted by molar-refractivity contribution is 0.0673. The van der Waals surface area contributed by atoms with E-state index in [1.807, 2.05) is 59.0 Å². The molecule has 5 heterocycles. The van der Waals surface area contributed by atoms with Gasteiger partial charge in [0.25, 0.3) is 0 Å². The molecule has 2 aliphatic heterocycles. The maximum Gasteiger partial charge on any atom is 0.209 e. The van der Waals surface area contributed by atoms with E-state index in [1.54, 1.807) is 0 Å². The van der Waals surface area contributed by atoms with Crippen LogP contribution in [-0.4, -0.2) is 68.8 Å². The van der Waals surface area contributed by atoms with Gasteiger partial charge in [-0.25, -0.2) is 19.6 Å². The number of aromatic nitrogens is 6. The Labute approximate surface area is 203 Å². The van der Waals surface area contributed by atoms with Crippen molar-refractivity contribution in [2.45, 2.75) is 18.9 Å². The largest absolute Gasteiger partial charge is 0.381 e. The van der Waals surface area contributed by atoms with Crippen molar-refractivity contribution in [3.8, 4) is 23.1 Å². The lowest BCUT2D eigenvalue weighted by Crippen LogP contribution is -2.37. The lowest BCUT2D eigenvalue weighted by atomic mass is 10.1. The van der Waals surface area contributed by atoms with Crippen LogP contribution in [0.3, 0.4) is 0 Å². The smallest absolute Gasteiger partial charge is 0.209 e. The highest BCUT2D eigenvalue weighted by Gasteiger charge is 2.24. The molecule has 0 atom stereocenters. The first kappa shape index (κ1) is 21.8. The molecule has 0 spiro atoms. The fraction of sp³-hybridized carbons (Fsp3) is 0.385. The molecule has 1 aromatic carbocycles. The molecule has 0 N–H and O–H groups in total. The zero-order chi connectivity index (χ0) is 23.6. The molecule has 35 heavy (non-hydrogen) atoms. The van der Waals surface area contributed by atoms with Crippen LogP contribution in [0.1, 0.15) is 30.5 Å². The number of anilines is 1. The number of rotatable bonds is 3. The zero-order valence-corrected chi connectivity index (χ0v) is 19.7. The molecule has 0 bridgehead atoms. The highest BCUT2D eigenvalue weighted by molar-refractivity contribution is 5.87. The van der Waals surface area contributed by atoms with E-state index in [0.29, 0.717) is 24.9 Å². The van der Waals surface area contributed by atoms with Crippen LogP contribution in [0, 0.1) is 11.8 Å². The second-order valence-electron chi connectivity index (χ2n) is 8.82. The van der Waals surface area contributed by atoms with Crippen molar-refractivity contribution in [2.24, 2.45) is 7.05 Å². The van der Waals surface area contributed by atoms with Crippen LogP contribution in [0.2, 0.25) is 0 Å². The van der Waals surface area contributed by atoms with Gasteiger partial charge in [0.1, 0.15) is 5.82 Å². The Balaban J connectivity index is 1.40.